The lowest BCUT2D eigenvalue weighted by molar-refractivity contribution is -0.119. The topological polar surface area (TPSA) is 139 Å². The highest BCUT2D eigenvalue weighted by atomic mass is 16.5. The van der Waals surface area contributed by atoms with Gasteiger partial charge in [0.1, 0.15) is 0 Å². The number of methoxy groups -OCH3 is 1. The number of ether oxygens (including phenoxy) is 1. The Balaban J connectivity index is 2.19. The van der Waals surface area contributed by atoms with E-state index in [1.807, 2.05) is 0 Å². The van der Waals surface area contributed by atoms with Gasteiger partial charge in [0.2, 0.25) is 5.91 Å². The second-order valence-corrected chi connectivity index (χ2v) is 7.77. The summed E-state index contributed by atoms with van der Waals surface area (Å²) in [6.45, 7) is 1.80. The number of pyridine rings is 1. The molecule has 4 N–H and O–H groups in total. The van der Waals surface area contributed by atoms with Gasteiger partial charge in [0.15, 0.2) is 0 Å². The summed E-state index contributed by atoms with van der Waals surface area (Å²) in [7, 11) is 2.84. The van der Waals surface area contributed by atoms with Gasteiger partial charge in [0.25, 0.3) is 5.56 Å². The summed E-state index contributed by atoms with van der Waals surface area (Å²) in [5, 5.41) is 17.3. The molecule has 0 radical (unpaired) electrons. The number of fused-ring (bicyclic) bond motifs is 4. The number of nitrogens with zero attached hydrogens (tertiary/aromatic N) is 1. The minimum Gasteiger partial charge on any atom is -0.465 e. The molecule has 32 heavy (non-hydrogen) atoms. The molecule has 2 bridgehead atoms. The first-order valence-electron chi connectivity index (χ1n) is 10.2. The maximum atomic E-state index is 12.8. The van der Waals surface area contributed by atoms with E-state index in [2.05, 4.69) is 20.7 Å². The Morgan fingerprint density at radius 3 is 2.62 bits per heavy atom. The van der Waals surface area contributed by atoms with Crippen LogP contribution in [0.2, 0.25) is 0 Å². The van der Waals surface area contributed by atoms with Crippen molar-refractivity contribution in [2.75, 3.05) is 17.7 Å². The van der Waals surface area contributed by atoms with Gasteiger partial charge in [-0.05, 0) is 36.6 Å². The molecule has 1 aromatic heterocycles. The Hall–Kier alpha value is -3.82. The molecule has 0 spiro atoms. The SMILES string of the molecule is COC(=O)Nc1ccc2c(c1)NC(=O)C(C)CCC[C@H](NC(=O)O)c1cc-2cc(=O)n1C. The third-order valence-corrected chi connectivity index (χ3v) is 5.55. The molecule has 10 nitrogen and oxygen atoms in total. The number of nitrogens with one attached hydrogen (secondary N) is 3. The highest BCUT2D eigenvalue weighted by Crippen LogP contribution is 2.33. The van der Waals surface area contributed by atoms with E-state index < -0.39 is 18.2 Å². The smallest absolute Gasteiger partial charge is 0.411 e. The number of anilines is 2. The van der Waals surface area contributed by atoms with Crippen LogP contribution in [-0.4, -0.2) is 34.9 Å². The molecular formula is C22H26N4O6. The summed E-state index contributed by atoms with van der Waals surface area (Å²) in [5.74, 6) is -0.541. The zero-order valence-electron chi connectivity index (χ0n) is 18.1. The maximum absolute atomic E-state index is 12.8. The first kappa shape index (κ1) is 22.9. The van der Waals surface area contributed by atoms with E-state index in [4.69, 9.17) is 0 Å². The number of hydrogen-bond donors (Lipinski definition) is 4. The highest BCUT2D eigenvalue weighted by molar-refractivity contribution is 5.98. The fourth-order valence-electron chi connectivity index (χ4n) is 3.75. The second-order valence-electron chi connectivity index (χ2n) is 7.77. The van der Waals surface area contributed by atoms with Crippen molar-refractivity contribution in [2.24, 2.45) is 13.0 Å². The van der Waals surface area contributed by atoms with E-state index in [9.17, 15) is 24.3 Å². The largest absolute Gasteiger partial charge is 0.465 e. The standard InChI is InChI=1S/C22H26N4O6/c1-12-5-4-6-16(25-21(29)30)18-9-13(10-19(27)26(18)2)15-8-7-14(23-22(31)32-3)11-17(15)24-20(12)28/h7-12,16,25H,4-6H2,1-3H3,(H,23,31)(H,24,28)(H,29,30)/t12?,16-/m0/s1. The van der Waals surface area contributed by atoms with Crippen molar-refractivity contribution in [2.45, 2.75) is 32.2 Å². The lowest BCUT2D eigenvalue weighted by atomic mass is 9.95. The lowest BCUT2D eigenvalue weighted by Gasteiger charge is -2.24. The van der Waals surface area contributed by atoms with Crippen molar-refractivity contribution in [3.63, 3.8) is 0 Å². The normalized spacial score (nSPS) is 18.3. The van der Waals surface area contributed by atoms with Crippen molar-refractivity contribution in [3.8, 4) is 11.1 Å². The number of amides is 3. The minimum absolute atomic E-state index is 0.214. The van der Waals surface area contributed by atoms with E-state index in [-0.39, 0.29) is 17.4 Å². The number of carboxylic acid groups (broad SMARTS) is 1. The van der Waals surface area contributed by atoms with Gasteiger partial charge in [0, 0.05) is 36.0 Å². The zero-order valence-corrected chi connectivity index (χ0v) is 18.1. The molecule has 2 aromatic rings. The van der Waals surface area contributed by atoms with Crippen LogP contribution in [0.1, 0.15) is 37.9 Å². The van der Waals surface area contributed by atoms with Gasteiger partial charge in [-0.3, -0.25) is 14.9 Å². The maximum Gasteiger partial charge on any atom is 0.411 e. The van der Waals surface area contributed by atoms with Crippen LogP contribution in [0.15, 0.2) is 35.1 Å². The molecule has 2 atom stereocenters. The Morgan fingerprint density at radius 2 is 1.94 bits per heavy atom. The number of carbonyl (C=O) groups is 3. The van der Waals surface area contributed by atoms with Crippen LogP contribution in [0.5, 0.6) is 0 Å². The molecule has 0 saturated heterocycles. The summed E-state index contributed by atoms with van der Waals surface area (Å²) in [6, 6.07) is 7.45. The molecular weight excluding hydrogens is 416 g/mol. The minimum atomic E-state index is -1.19. The summed E-state index contributed by atoms with van der Waals surface area (Å²) < 4.78 is 6.04. The van der Waals surface area contributed by atoms with Crippen LogP contribution in [-0.2, 0) is 16.6 Å². The van der Waals surface area contributed by atoms with Crippen molar-refractivity contribution >= 4 is 29.5 Å². The number of carbonyl (C=O) groups excluding carboxylic acids is 2. The molecule has 0 saturated carbocycles. The van der Waals surface area contributed by atoms with Crippen LogP contribution in [0, 0.1) is 5.92 Å². The Bertz CT molecular complexity index is 1110. The summed E-state index contributed by atoms with van der Waals surface area (Å²) in [4.78, 5) is 48.5. The number of benzene rings is 1. The molecule has 1 aliphatic rings. The predicted octanol–water partition coefficient (Wildman–Crippen LogP) is 3.30. The van der Waals surface area contributed by atoms with Gasteiger partial charge >= 0.3 is 12.2 Å². The predicted molar refractivity (Wildman–Crippen MR) is 119 cm³/mol. The molecule has 2 heterocycles. The monoisotopic (exact) mass is 442 g/mol. The summed E-state index contributed by atoms with van der Waals surface area (Å²) in [5.41, 5.74) is 2.12. The van der Waals surface area contributed by atoms with Crippen molar-refractivity contribution < 1.29 is 24.2 Å². The van der Waals surface area contributed by atoms with Gasteiger partial charge in [-0.15, -0.1) is 0 Å². The van der Waals surface area contributed by atoms with Crippen LogP contribution in [0.4, 0.5) is 21.0 Å². The summed E-state index contributed by atoms with van der Waals surface area (Å²) >= 11 is 0. The molecule has 3 rings (SSSR count). The Labute approximate surface area is 184 Å². The molecule has 1 unspecified atom stereocenters. The Morgan fingerprint density at radius 1 is 1.19 bits per heavy atom. The highest BCUT2D eigenvalue weighted by Gasteiger charge is 2.23. The van der Waals surface area contributed by atoms with Gasteiger partial charge in [0.05, 0.1) is 18.8 Å². The first-order valence-corrected chi connectivity index (χ1v) is 10.2. The molecule has 10 heteroatoms. The molecule has 170 valence electrons. The molecule has 0 fully saturated rings. The second kappa shape index (κ2) is 9.54. The quantitative estimate of drug-likeness (QED) is 0.563. The van der Waals surface area contributed by atoms with Crippen LogP contribution in [0.3, 0.4) is 0 Å². The average Bonchev–Trinajstić information content (AvgIpc) is 2.74. The number of hydrogen-bond acceptors (Lipinski definition) is 5. The molecule has 0 aliphatic carbocycles. The molecule has 1 aromatic carbocycles. The first-order chi connectivity index (χ1) is 15.2. The Kier molecular flexibility index (Phi) is 6.82. The molecule has 1 aliphatic heterocycles. The fraction of sp³-hybridized carbons (Fsp3) is 0.364. The number of rotatable bonds is 2. The van der Waals surface area contributed by atoms with Gasteiger partial charge in [-0.1, -0.05) is 19.4 Å². The molecule has 3 amide bonds. The zero-order chi connectivity index (χ0) is 23.4. The van der Waals surface area contributed by atoms with Crippen molar-refractivity contribution in [1.82, 2.24) is 9.88 Å². The van der Waals surface area contributed by atoms with Gasteiger partial charge in [-0.2, -0.15) is 0 Å². The van der Waals surface area contributed by atoms with Crippen LogP contribution < -0.4 is 21.5 Å². The van der Waals surface area contributed by atoms with Crippen LogP contribution in [0.25, 0.3) is 11.1 Å². The van der Waals surface area contributed by atoms with E-state index in [1.54, 1.807) is 38.2 Å². The van der Waals surface area contributed by atoms with E-state index >= 15 is 0 Å². The van der Waals surface area contributed by atoms with Crippen LogP contribution >= 0.6 is 0 Å². The van der Waals surface area contributed by atoms with Gasteiger partial charge < -0.3 is 25.0 Å². The van der Waals surface area contributed by atoms with E-state index in [0.717, 1.165) is 0 Å². The third kappa shape index (κ3) is 5.08. The van der Waals surface area contributed by atoms with Gasteiger partial charge in [-0.25, -0.2) is 9.59 Å². The number of aromatic nitrogens is 1. The van der Waals surface area contributed by atoms with Crippen molar-refractivity contribution in [1.29, 1.82) is 0 Å². The van der Waals surface area contributed by atoms with Crippen molar-refractivity contribution in [3.05, 3.63) is 46.4 Å². The average molecular weight is 442 g/mol. The van der Waals surface area contributed by atoms with E-state index in [0.29, 0.717) is 47.5 Å². The summed E-state index contributed by atoms with van der Waals surface area (Å²) in [6.07, 6.45) is -0.294. The fourth-order valence-corrected chi connectivity index (χ4v) is 3.75. The third-order valence-electron chi connectivity index (χ3n) is 5.55. The van der Waals surface area contributed by atoms with E-state index in [1.165, 1.54) is 17.7 Å². The lowest BCUT2D eigenvalue weighted by Crippen LogP contribution is -2.32.